The zero-order chi connectivity index (χ0) is 16.1. The minimum Gasteiger partial charge on any atom is -0.454 e. The van der Waals surface area contributed by atoms with Crippen LogP contribution >= 0.6 is 0 Å². The van der Waals surface area contributed by atoms with E-state index in [1.807, 2.05) is 18.2 Å². The van der Waals surface area contributed by atoms with Crippen molar-refractivity contribution in [1.29, 1.82) is 5.41 Å². The van der Waals surface area contributed by atoms with E-state index in [0.29, 0.717) is 12.8 Å². The highest BCUT2D eigenvalue weighted by Gasteiger charge is 2.22. The highest BCUT2D eigenvalue weighted by molar-refractivity contribution is 5.68. The third kappa shape index (κ3) is 3.74. The lowest BCUT2D eigenvalue weighted by Gasteiger charge is -2.37. The van der Waals surface area contributed by atoms with Gasteiger partial charge < -0.3 is 19.8 Å². The molecule has 0 saturated carbocycles. The molecule has 2 aliphatic heterocycles. The van der Waals surface area contributed by atoms with Gasteiger partial charge in [-0.15, -0.1) is 0 Å². The Morgan fingerprint density at radius 3 is 2.61 bits per heavy atom. The third-order valence-corrected chi connectivity index (χ3v) is 4.39. The van der Waals surface area contributed by atoms with Gasteiger partial charge in [0.25, 0.3) is 0 Å². The van der Waals surface area contributed by atoms with Crippen LogP contribution in [0.25, 0.3) is 0 Å². The van der Waals surface area contributed by atoms with Crippen molar-refractivity contribution in [1.82, 2.24) is 9.80 Å². The van der Waals surface area contributed by atoms with E-state index in [0.717, 1.165) is 37.7 Å². The molecule has 0 aromatic heterocycles. The van der Waals surface area contributed by atoms with Crippen molar-refractivity contribution in [3.8, 4) is 11.5 Å². The minimum absolute atomic E-state index is 0.324. The Morgan fingerprint density at radius 1 is 1.04 bits per heavy atom. The van der Waals surface area contributed by atoms with Crippen LogP contribution in [0.4, 0.5) is 0 Å². The molecule has 1 N–H and O–H groups in total. The molecule has 1 atom stereocenters. The predicted molar refractivity (Wildman–Crippen MR) is 91.2 cm³/mol. The predicted octanol–water partition coefficient (Wildman–Crippen LogP) is 2.81. The van der Waals surface area contributed by atoms with Gasteiger partial charge in [-0.3, -0.25) is 4.90 Å². The molecule has 122 valence electrons. The summed E-state index contributed by atoms with van der Waals surface area (Å²) < 4.78 is 10.9. The second kappa shape index (κ2) is 7.33. The number of nitrogens with zero attached hydrogens (tertiary/aromatic N) is 2. The standard InChI is InChI=1S/C18H23N3O2/c1-15(16-5-6-17-18(13-16)23-14-22-17)21-11-9-20(10-12-21)8-4-2-3-7-19/h2-8,13,15,19H,9-12,14H2,1H3/b3-2-,8-4+,19-7?. The van der Waals surface area contributed by atoms with E-state index in [4.69, 9.17) is 14.9 Å². The maximum atomic E-state index is 6.94. The minimum atomic E-state index is 0.324. The number of hydrogen-bond acceptors (Lipinski definition) is 5. The van der Waals surface area contributed by atoms with E-state index >= 15 is 0 Å². The maximum Gasteiger partial charge on any atom is 0.231 e. The maximum absolute atomic E-state index is 6.94. The summed E-state index contributed by atoms with van der Waals surface area (Å²) in [6.45, 7) is 6.68. The molecule has 2 aliphatic rings. The quantitative estimate of drug-likeness (QED) is 0.671. The molecule has 1 fully saturated rings. The van der Waals surface area contributed by atoms with E-state index in [1.54, 1.807) is 6.08 Å². The Morgan fingerprint density at radius 2 is 1.83 bits per heavy atom. The van der Waals surface area contributed by atoms with Gasteiger partial charge in [0, 0.05) is 38.4 Å². The Kier molecular flexibility index (Phi) is 4.98. The summed E-state index contributed by atoms with van der Waals surface area (Å²) >= 11 is 0. The summed E-state index contributed by atoms with van der Waals surface area (Å²) in [5.41, 5.74) is 1.27. The van der Waals surface area contributed by atoms with Gasteiger partial charge in [0.1, 0.15) is 0 Å². The highest BCUT2D eigenvalue weighted by Crippen LogP contribution is 2.35. The molecule has 2 heterocycles. The van der Waals surface area contributed by atoms with Crippen molar-refractivity contribution in [3.05, 3.63) is 48.2 Å². The molecule has 0 bridgehead atoms. The van der Waals surface area contributed by atoms with Gasteiger partial charge in [0.15, 0.2) is 11.5 Å². The Hall–Kier alpha value is -2.27. The van der Waals surface area contributed by atoms with Gasteiger partial charge in [-0.2, -0.15) is 0 Å². The second-order valence-corrected chi connectivity index (χ2v) is 5.75. The molecule has 0 amide bonds. The zero-order valence-electron chi connectivity index (χ0n) is 13.4. The molecule has 23 heavy (non-hydrogen) atoms. The lowest BCUT2D eigenvalue weighted by molar-refractivity contribution is 0.130. The van der Waals surface area contributed by atoms with Crippen LogP contribution in [0.2, 0.25) is 0 Å². The average molecular weight is 313 g/mol. The smallest absolute Gasteiger partial charge is 0.231 e. The normalized spacial score (nSPS) is 19.6. The summed E-state index contributed by atoms with van der Waals surface area (Å²) in [7, 11) is 0. The number of allylic oxidation sites excluding steroid dienone is 3. The number of rotatable bonds is 5. The first kappa shape index (κ1) is 15.6. The number of benzene rings is 1. The lowest BCUT2D eigenvalue weighted by atomic mass is 10.1. The summed E-state index contributed by atoms with van der Waals surface area (Å²) in [5, 5.41) is 6.94. The van der Waals surface area contributed by atoms with Gasteiger partial charge in [-0.25, -0.2) is 0 Å². The lowest BCUT2D eigenvalue weighted by Crippen LogP contribution is -2.44. The van der Waals surface area contributed by atoms with Crippen LogP contribution in [-0.4, -0.2) is 49.0 Å². The van der Waals surface area contributed by atoms with E-state index in [-0.39, 0.29) is 0 Å². The number of hydrogen-bond donors (Lipinski definition) is 1. The molecule has 1 aromatic carbocycles. The fraction of sp³-hybridized carbons (Fsp3) is 0.389. The largest absolute Gasteiger partial charge is 0.454 e. The van der Waals surface area contributed by atoms with E-state index in [1.165, 1.54) is 11.8 Å². The molecule has 1 aromatic rings. The summed E-state index contributed by atoms with van der Waals surface area (Å²) in [6.07, 6.45) is 8.98. The van der Waals surface area contributed by atoms with Crippen LogP contribution in [0.3, 0.4) is 0 Å². The van der Waals surface area contributed by atoms with E-state index in [2.05, 4.69) is 35.1 Å². The van der Waals surface area contributed by atoms with Crippen LogP contribution in [0.1, 0.15) is 18.5 Å². The van der Waals surface area contributed by atoms with Crippen molar-refractivity contribution >= 4 is 6.21 Å². The molecule has 0 radical (unpaired) electrons. The summed E-state index contributed by atoms with van der Waals surface area (Å²) in [4.78, 5) is 4.81. The third-order valence-electron chi connectivity index (χ3n) is 4.39. The van der Waals surface area contributed by atoms with Gasteiger partial charge >= 0.3 is 0 Å². The van der Waals surface area contributed by atoms with Crippen molar-refractivity contribution in [3.63, 3.8) is 0 Å². The Labute approximate surface area is 137 Å². The molecule has 1 unspecified atom stereocenters. The topological polar surface area (TPSA) is 48.8 Å². The van der Waals surface area contributed by atoms with Crippen molar-refractivity contribution in [2.75, 3.05) is 33.0 Å². The average Bonchev–Trinajstić information content (AvgIpc) is 3.06. The second-order valence-electron chi connectivity index (χ2n) is 5.75. The molecular weight excluding hydrogens is 290 g/mol. The molecular formula is C18H23N3O2. The van der Waals surface area contributed by atoms with Gasteiger partial charge in [0.05, 0.1) is 0 Å². The number of piperazine rings is 1. The molecule has 5 nitrogen and oxygen atoms in total. The van der Waals surface area contributed by atoms with Crippen LogP contribution in [-0.2, 0) is 0 Å². The first-order valence-corrected chi connectivity index (χ1v) is 7.99. The molecule has 0 spiro atoms. The first-order chi connectivity index (χ1) is 11.3. The first-order valence-electron chi connectivity index (χ1n) is 7.99. The van der Waals surface area contributed by atoms with Crippen LogP contribution in [0, 0.1) is 5.41 Å². The van der Waals surface area contributed by atoms with Gasteiger partial charge in [-0.05, 0) is 43.0 Å². The Balaban J connectivity index is 1.56. The van der Waals surface area contributed by atoms with Crippen molar-refractivity contribution in [2.24, 2.45) is 0 Å². The van der Waals surface area contributed by atoms with E-state index < -0.39 is 0 Å². The fourth-order valence-corrected chi connectivity index (χ4v) is 2.95. The highest BCUT2D eigenvalue weighted by atomic mass is 16.7. The van der Waals surface area contributed by atoms with Crippen LogP contribution < -0.4 is 9.47 Å². The SMILES string of the molecule is CC(c1ccc2c(c1)OCO2)N1CCN(/C=C/C=C\C=N)CC1. The monoisotopic (exact) mass is 313 g/mol. The van der Waals surface area contributed by atoms with Gasteiger partial charge in [0.2, 0.25) is 6.79 Å². The molecule has 3 rings (SSSR count). The fourth-order valence-electron chi connectivity index (χ4n) is 2.95. The number of ether oxygens (including phenoxy) is 2. The van der Waals surface area contributed by atoms with Crippen molar-refractivity contribution in [2.45, 2.75) is 13.0 Å². The van der Waals surface area contributed by atoms with E-state index in [9.17, 15) is 0 Å². The molecule has 0 aliphatic carbocycles. The number of nitrogens with one attached hydrogen (secondary N) is 1. The summed E-state index contributed by atoms with van der Waals surface area (Å²) in [5.74, 6) is 1.70. The molecule has 1 saturated heterocycles. The van der Waals surface area contributed by atoms with Crippen LogP contribution in [0.15, 0.2) is 42.6 Å². The molecule has 5 heteroatoms. The van der Waals surface area contributed by atoms with Crippen molar-refractivity contribution < 1.29 is 9.47 Å². The van der Waals surface area contributed by atoms with Gasteiger partial charge in [-0.1, -0.05) is 12.1 Å². The number of fused-ring (bicyclic) bond motifs is 1. The van der Waals surface area contributed by atoms with Crippen LogP contribution in [0.5, 0.6) is 11.5 Å². The zero-order valence-corrected chi connectivity index (χ0v) is 13.4. The summed E-state index contributed by atoms with van der Waals surface area (Å²) in [6, 6.07) is 6.60. The Bertz CT molecular complexity index is 604.